The molecule has 2 unspecified atom stereocenters. The van der Waals surface area contributed by atoms with E-state index >= 15 is 0 Å². The molecule has 3 heterocycles. The molecule has 1 saturated carbocycles. The van der Waals surface area contributed by atoms with Crippen LogP contribution in [-0.2, 0) is 16.1 Å². The number of hydrogen-bond donors (Lipinski definition) is 3. The molecule has 3 N–H and O–H groups in total. The lowest BCUT2D eigenvalue weighted by atomic mass is 9.64. The van der Waals surface area contributed by atoms with Crippen LogP contribution < -0.4 is 16.0 Å². The minimum atomic E-state index is -0.927. The van der Waals surface area contributed by atoms with Crippen LogP contribution in [-0.4, -0.2) is 53.7 Å². The summed E-state index contributed by atoms with van der Waals surface area (Å²) in [5, 5.41) is 9.35. The molecule has 30 heavy (non-hydrogen) atoms. The molecule has 8 nitrogen and oxygen atoms in total. The van der Waals surface area contributed by atoms with Gasteiger partial charge in [-0.05, 0) is 48.8 Å². The average Bonchev–Trinajstić information content (AvgIpc) is 2.96. The average molecular weight is 410 g/mol. The number of carbonyl (C=O) groups excluding carboxylic acids is 4. The maximum atomic E-state index is 12.9. The van der Waals surface area contributed by atoms with Crippen molar-refractivity contribution in [3.8, 4) is 0 Å². The van der Waals surface area contributed by atoms with Crippen molar-refractivity contribution in [1.82, 2.24) is 20.9 Å². The Morgan fingerprint density at radius 3 is 2.63 bits per heavy atom. The van der Waals surface area contributed by atoms with E-state index in [1.54, 1.807) is 12.1 Å². The van der Waals surface area contributed by atoms with E-state index in [1.807, 2.05) is 6.07 Å². The van der Waals surface area contributed by atoms with E-state index in [4.69, 9.17) is 0 Å². The van der Waals surface area contributed by atoms with Gasteiger partial charge in [-0.25, -0.2) is 0 Å². The number of carbonyl (C=O) groups is 4. The summed E-state index contributed by atoms with van der Waals surface area (Å²) in [6.45, 7) is 2.67. The van der Waals surface area contributed by atoms with Crippen LogP contribution >= 0.6 is 0 Å². The third-order valence-corrected chi connectivity index (χ3v) is 7.08. The highest BCUT2D eigenvalue weighted by Crippen LogP contribution is 2.45. The summed E-state index contributed by atoms with van der Waals surface area (Å²) < 4.78 is 0. The van der Waals surface area contributed by atoms with Crippen molar-refractivity contribution in [3.05, 3.63) is 34.9 Å². The third kappa shape index (κ3) is 3.24. The lowest BCUT2D eigenvalue weighted by Crippen LogP contribution is -2.54. The molecule has 4 aliphatic rings. The molecule has 1 spiro atoms. The highest BCUT2D eigenvalue weighted by atomic mass is 16.2. The van der Waals surface area contributed by atoms with Gasteiger partial charge in [-0.15, -0.1) is 0 Å². The van der Waals surface area contributed by atoms with E-state index in [0.717, 1.165) is 23.6 Å². The van der Waals surface area contributed by atoms with Crippen LogP contribution in [0.5, 0.6) is 0 Å². The van der Waals surface area contributed by atoms with E-state index in [2.05, 4.69) is 16.0 Å². The number of benzene rings is 1. The summed E-state index contributed by atoms with van der Waals surface area (Å²) in [5.41, 5.74) is 2.05. The highest BCUT2D eigenvalue weighted by Gasteiger charge is 2.45. The molecule has 0 bridgehead atoms. The SMILES string of the molecule is O=C1CCC(N2C(=O)c3ccc(CNC4CNCC5(CCC5)C4)cc3C2=O)C(=O)N1. The molecule has 3 fully saturated rings. The third-order valence-electron chi connectivity index (χ3n) is 7.08. The summed E-state index contributed by atoms with van der Waals surface area (Å²) in [6, 6.07) is 4.75. The molecular formula is C22H26N4O4. The van der Waals surface area contributed by atoms with Gasteiger partial charge in [0.15, 0.2) is 0 Å². The van der Waals surface area contributed by atoms with E-state index in [-0.39, 0.29) is 18.7 Å². The van der Waals surface area contributed by atoms with Crippen molar-refractivity contribution < 1.29 is 19.2 Å². The molecular weight excluding hydrogens is 384 g/mol. The number of hydrogen-bond acceptors (Lipinski definition) is 6. The van der Waals surface area contributed by atoms with E-state index in [1.165, 1.54) is 25.7 Å². The monoisotopic (exact) mass is 410 g/mol. The number of imide groups is 2. The van der Waals surface area contributed by atoms with Gasteiger partial charge >= 0.3 is 0 Å². The Hall–Kier alpha value is -2.58. The zero-order chi connectivity index (χ0) is 20.9. The summed E-state index contributed by atoms with van der Waals surface area (Å²) in [4.78, 5) is 50.3. The molecule has 1 aromatic rings. The zero-order valence-corrected chi connectivity index (χ0v) is 16.8. The summed E-state index contributed by atoms with van der Waals surface area (Å²) in [6.07, 6.45) is 5.37. The summed E-state index contributed by atoms with van der Waals surface area (Å²) >= 11 is 0. The van der Waals surface area contributed by atoms with Crippen molar-refractivity contribution >= 4 is 23.6 Å². The van der Waals surface area contributed by atoms with Gasteiger partial charge in [0.2, 0.25) is 11.8 Å². The Labute approximate surface area is 174 Å². The van der Waals surface area contributed by atoms with Gasteiger partial charge < -0.3 is 10.6 Å². The van der Waals surface area contributed by atoms with Gasteiger partial charge in [0, 0.05) is 32.1 Å². The minimum Gasteiger partial charge on any atom is -0.315 e. The predicted octanol–water partition coefficient (Wildman–Crippen LogP) is 0.710. The van der Waals surface area contributed by atoms with Gasteiger partial charge in [-0.3, -0.25) is 29.4 Å². The first kappa shape index (κ1) is 19.4. The smallest absolute Gasteiger partial charge is 0.262 e. The Kier molecular flexibility index (Phi) is 4.71. The highest BCUT2D eigenvalue weighted by molar-refractivity contribution is 6.23. The molecule has 0 aromatic heterocycles. The van der Waals surface area contributed by atoms with Crippen LogP contribution in [0.15, 0.2) is 18.2 Å². The van der Waals surface area contributed by atoms with Gasteiger partial charge in [0.25, 0.3) is 11.8 Å². The largest absolute Gasteiger partial charge is 0.315 e. The maximum absolute atomic E-state index is 12.9. The Morgan fingerprint density at radius 2 is 1.90 bits per heavy atom. The fourth-order valence-corrected chi connectivity index (χ4v) is 5.27. The second kappa shape index (κ2) is 7.28. The first-order valence-electron chi connectivity index (χ1n) is 10.7. The molecule has 1 aliphatic carbocycles. The minimum absolute atomic E-state index is 0.121. The lowest BCUT2D eigenvalue weighted by Gasteiger charge is -2.48. The second-order valence-electron chi connectivity index (χ2n) is 9.09. The van der Waals surface area contributed by atoms with Crippen molar-refractivity contribution in [1.29, 1.82) is 0 Å². The van der Waals surface area contributed by atoms with Crippen LogP contribution in [0.3, 0.4) is 0 Å². The summed E-state index contributed by atoms with van der Waals surface area (Å²) in [7, 11) is 0. The van der Waals surface area contributed by atoms with Gasteiger partial charge in [-0.1, -0.05) is 12.5 Å². The van der Waals surface area contributed by atoms with Crippen molar-refractivity contribution in [2.75, 3.05) is 13.1 Å². The molecule has 4 amide bonds. The predicted molar refractivity (Wildman–Crippen MR) is 108 cm³/mol. The van der Waals surface area contributed by atoms with E-state index in [9.17, 15) is 19.2 Å². The number of amides is 4. The Bertz CT molecular complexity index is 939. The fraction of sp³-hybridized carbons (Fsp3) is 0.545. The second-order valence-corrected chi connectivity index (χ2v) is 9.09. The zero-order valence-electron chi connectivity index (χ0n) is 16.8. The molecule has 1 aromatic carbocycles. The standard InChI is InChI=1S/C22H26N4O4/c27-18-5-4-17(19(28)25-18)26-20(29)15-3-2-13(8-16(15)21(26)30)10-24-14-9-22(6-1-7-22)12-23-11-14/h2-3,8,14,17,23-24H,1,4-7,9-12H2,(H,25,27,28). The van der Waals surface area contributed by atoms with Crippen molar-refractivity contribution in [3.63, 3.8) is 0 Å². The van der Waals surface area contributed by atoms with E-state index in [0.29, 0.717) is 29.1 Å². The fourth-order valence-electron chi connectivity index (χ4n) is 5.27. The number of fused-ring (bicyclic) bond motifs is 1. The number of nitrogens with one attached hydrogen (secondary N) is 3. The van der Waals surface area contributed by atoms with Crippen LogP contribution in [0, 0.1) is 5.41 Å². The summed E-state index contributed by atoms with van der Waals surface area (Å²) in [5.74, 6) is -1.88. The molecule has 5 rings (SSSR count). The van der Waals surface area contributed by atoms with Gasteiger partial charge in [0.1, 0.15) is 6.04 Å². The molecule has 0 radical (unpaired) electrons. The van der Waals surface area contributed by atoms with Crippen LogP contribution in [0.1, 0.15) is 64.8 Å². The number of nitrogens with zero attached hydrogens (tertiary/aromatic N) is 1. The number of rotatable bonds is 4. The molecule has 2 atom stereocenters. The molecule has 3 aliphatic heterocycles. The first-order valence-corrected chi connectivity index (χ1v) is 10.7. The normalized spacial score (nSPS) is 27.8. The number of piperidine rings is 2. The quantitative estimate of drug-likeness (QED) is 0.631. The molecule has 2 saturated heterocycles. The Balaban J connectivity index is 1.28. The van der Waals surface area contributed by atoms with Gasteiger partial charge in [0.05, 0.1) is 11.1 Å². The maximum Gasteiger partial charge on any atom is 0.262 e. The topological polar surface area (TPSA) is 108 Å². The lowest BCUT2D eigenvalue weighted by molar-refractivity contribution is -0.136. The van der Waals surface area contributed by atoms with Gasteiger partial charge in [-0.2, -0.15) is 0 Å². The molecule has 8 heteroatoms. The van der Waals surface area contributed by atoms with Crippen LogP contribution in [0.25, 0.3) is 0 Å². The van der Waals surface area contributed by atoms with E-state index < -0.39 is 23.8 Å². The first-order chi connectivity index (χ1) is 14.5. The van der Waals surface area contributed by atoms with Crippen molar-refractivity contribution in [2.24, 2.45) is 5.41 Å². The van der Waals surface area contributed by atoms with Crippen LogP contribution in [0.2, 0.25) is 0 Å². The van der Waals surface area contributed by atoms with Crippen LogP contribution in [0.4, 0.5) is 0 Å². The van der Waals surface area contributed by atoms with Crippen molar-refractivity contribution in [2.45, 2.75) is 57.2 Å². The molecule has 158 valence electrons. The Morgan fingerprint density at radius 1 is 1.10 bits per heavy atom.